The maximum Gasteiger partial charge on any atom is 0.167 e. The first kappa shape index (κ1) is 13.5. The Morgan fingerprint density at radius 2 is 1.84 bits per heavy atom. The normalized spacial score (nSPS) is 10.5. The van der Waals surface area contributed by atoms with Gasteiger partial charge in [-0.25, -0.2) is 8.78 Å². The molecule has 2 aromatic carbocycles. The Morgan fingerprint density at radius 3 is 2.47 bits per heavy atom. The number of anilines is 1. The number of carbonyl (C=O) groups excluding carboxylic acids is 1. The van der Waals surface area contributed by atoms with E-state index in [0.717, 1.165) is 12.1 Å². The highest BCUT2D eigenvalue weighted by Crippen LogP contribution is 2.19. The van der Waals surface area contributed by atoms with Gasteiger partial charge in [-0.2, -0.15) is 0 Å². The summed E-state index contributed by atoms with van der Waals surface area (Å²) in [5.41, 5.74) is 6.70. The molecule has 19 heavy (non-hydrogen) atoms. The van der Waals surface area contributed by atoms with Crippen LogP contribution in [0.15, 0.2) is 36.4 Å². The summed E-state index contributed by atoms with van der Waals surface area (Å²) >= 11 is 5.80. The highest BCUT2D eigenvalue weighted by atomic mass is 35.5. The third kappa shape index (κ3) is 3.29. The molecule has 2 rings (SSSR count). The van der Waals surface area contributed by atoms with Gasteiger partial charge in [0.05, 0.1) is 0 Å². The van der Waals surface area contributed by atoms with Crippen molar-refractivity contribution < 1.29 is 13.6 Å². The Labute approximate surface area is 113 Å². The third-order valence-electron chi connectivity index (χ3n) is 2.59. The molecule has 0 aliphatic carbocycles. The Kier molecular flexibility index (Phi) is 3.81. The molecule has 0 fully saturated rings. The number of hydrogen-bond acceptors (Lipinski definition) is 2. The standard InChI is InChI=1S/C14H10ClF2NO/c15-10-5-9(6-11(18)7-10)14(19)4-8-1-2-12(16)13(17)3-8/h1-3,5-7H,4,18H2. The number of nitrogens with two attached hydrogens (primary N) is 1. The van der Waals surface area contributed by atoms with Crippen LogP contribution in [0.5, 0.6) is 0 Å². The minimum atomic E-state index is -0.976. The van der Waals surface area contributed by atoms with Crippen molar-refractivity contribution >= 4 is 23.1 Å². The fraction of sp³-hybridized carbons (Fsp3) is 0.0714. The first-order chi connectivity index (χ1) is 8.95. The molecule has 0 spiro atoms. The summed E-state index contributed by atoms with van der Waals surface area (Å²) in [6.45, 7) is 0. The highest BCUT2D eigenvalue weighted by molar-refractivity contribution is 6.31. The molecule has 98 valence electrons. The van der Waals surface area contributed by atoms with Crippen LogP contribution in [0.1, 0.15) is 15.9 Å². The van der Waals surface area contributed by atoms with E-state index in [4.69, 9.17) is 17.3 Å². The van der Waals surface area contributed by atoms with Gasteiger partial charge in [0, 0.05) is 22.7 Å². The van der Waals surface area contributed by atoms with Gasteiger partial charge in [-0.3, -0.25) is 4.79 Å². The van der Waals surface area contributed by atoms with Crippen LogP contribution in [0, 0.1) is 11.6 Å². The fourth-order valence-corrected chi connectivity index (χ4v) is 1.95. The van der Waals surface area contributed by atoms with Crippen LogP contribution in [0.25, 0.3) is 0 Å². The van der Waals surface area contributed by atoms with Gasteiger partial charge in [-0.15, -0.1) is 0 Å². The lowest BCUT2D eigenvalue weighted by Gasteiger charge is -2.04. The van der Waals surface area contributed by atoms with Crippen LogP contribution in [0.3, 0.4) is 0 Å². The average molecular weight is 282 g/mol. The van der Waals surface area contributed by atoms with Gasteiger partial charge in [-0.1, -0.05) is 17.7 Å². The van der Waals surface area contributed by atoms with Crippen molar-refractivity contribution in [1.29, 1.82) is 0 Å². The molecule has 2 N–H and O–H groups in total. The molecule has 0 unspecified atom stereocenters. The van der Waals surface area contributed by atoms with Crippen molar-refractivity contribution in [2.45, 2.75) is 6.42 Å². The Balaban J connectivity index is 2.22. The molecule has 0 saturated heterocycles. The first-order valence-corrected chi connectivity index (χ1v) is 5.86. The molecule has 0 saturated carbocycles. The Morgan fingerprint density at radius 1 is 1.11 bits per heavy atom. The largest absolute Gasteiger partial charge is 0.399 e. The monoisotopic (exact) mass is 281 g/mol. The lowest BCUT2D eigenvalue weighted by molar-refractivity contribution is 0.0993. The highest BCUT2D eigenvalue weighted by Gasteiger charge is 2.10. The van der Waals surface area contributed by atoms with E-state index in [2.05, 4.69) is 0 Å². The van der Waals surface area contributed by atoms with Gasteiger partial charge in [0.1, 0.15) is 0 Å². The van der Waals surface area contributed by atoms with E-state index < -0.39 is 11.6 Å². The molecule has 5 heteroatoms. The summed E-state index contributed by atoms with van der Waals surface area (Å²) in [6, 6.07) is 7.86. The molecule has 0 radical (unpaired) electrons. The van der Waals surface area contributed by atoms with Gasteiger partial charge >= 0.3 is 0 Å². The number of ketones is 1. The van der Waals surface area contributed by atoms with Crippen LogP contribution in [-0.4, -0.2) is 5.78 Å². The molecule has 0 aliphatic rings. The molecule has 0 aromatic heterocycles. The van der Waals surface area contributed by atoms with Crippen LogP contribution in [0.4, 0.5) is 14.5 Å². The zero-order valence-electron chi connectivity index (χ0n) is 9.79. The minimum Gasteiger partial charge on any atom is -0.399 e. The maximum atomic E-state index is 13.0. The Bertz CT molecular complexity index is 623. The van der Waals surface area contributed by atoms with Gasteiger partial charge in [0.2, 0.25) is 0 Å². The first-order valence-electron chi connectivity index (χ1n) is 5.49. The van der Waals surface area contributed by atoms with Crippen molar-refractivity contribution in [2.75, 3.05) is 5.73 Å². The second-order valence-electron chi connectivity index (χ2n) is 4.12. The molecule has 0 bridgehead atoms. The van der Waals surface area contributed by atoms with Gasteiger partial charge < -0.3 is 5.73 Å². The van der Waals surface area contributed by atoms with Crippen molar-refractivity contribution in [3.05, 3.63) is 64.2 Å². The predicted octanol–water partition coefficient (Wildman–Crippen LogP) is 3.63. The number of Topliss-reactive ketones (excluding diaryl/α,β-unsaturated/α-hetero) is 1. The summed E-state index contributed by atoms with van der Waals surface area (Å²) in [7, 11) is 0. The van der Waals surface area contributed by atoms with Crippen molar-refractivity contribution in [2.24, 2.45) is 0 Å². The quantitative estimate of drug-likeness (QED) is 0.690. The van der Waals surface area contributed by atoms with Crippen molar-refractivity contribution in [1.82, 2.24) is 0 Å². The van der Waals surface area contributed by atoms with E-state index in [1.54, 1.807) is 0 Å². The lowest BCUT2D eigenvalue weighted by Crippen LogP contribution is -2.05. The van der Waals surface area contributed by atoms with E-state index in [1.165, 1.54) is 24.3 Å². The van der Waals surface area contributed by atoms with E-state index in [-0.39, 0.29) is 12.2 Å². The predicted molar refractivity (Wildman–Crippen MR) is 70.3 cm³/mol. The number of hydrogen-bond donors (Lipinski definition) is 1. The maximum absolute atomic E-state index is 13.0. The number of halogens is 3. The fourth-order valence-electron chi connectivity index (χ4n) is 1.71. The zero-order chi connectivity index (χ0) is 14.0. The van der Waals surface area contributed by atoms with E-state index in [1.807, 2.05) is 0 Å². The molecular formula is C14H10ClF2NO. The van der Waals surface area contributed by atoms with Crippen LogP contribution in [0.2, 0.25) is 5.02 Å². The second-order valence-corrected chi connectivity index (χ2v) is 4.56. The minimum absolute atomic E-state index is 0.0447. The topological polar surface area (TPSA) is 43.1 Å². The zero-order valence-corrected chi connectivity index (χ0v) is 10.5. The summed E-state index contributed by atoms with van der Waals surface area (Å²) in [5.74, 6) is -2.18. The molecule has 0 atom stereocenters. The molecule has 2 aromatic rings. The number of carbonyl (C=O) groups is 1. The van der Waals surface area contributed by atoms with Crippen LogP contribution in [-0.2, 0) is 6.42 Å². The SMILES string of the molecule is Nc1cc(Cl)cc(C(=O)Cc2ccc(F)c(F)c2)c1. The van der Waals surface area contributed by atoms with Crippen molar-refractivity contribution in [3.8, 4) is 0 Å². The summed E-state index contributed by atoms with van der Waals surface area (Å²) in [6.07, 6.45) is -0.0447. The molecule has 0 amide bonds. The molecule has 0 heterocycles. The molecule has 0 aliphatic heterocycles. The van der Waals surface area contributed by atoms with Gasteiger partial charge in [0.15, 0.2) is 17.4 Å². The van der Waals surface area contributed by atoms with Gasteiger partial charge in [-0.05, 0) is 35.9 Å². The third-order valence-corrected chi connectivity index (χ3v) is 2.81. The van der Waals surface area contributed by atoms with E-state index >= 15 is 0 Å². The van der Waals surface area contributed by atoms with E-state index in [9.17, 15) is 13.6 Å². The second kappa shape index (κ2) is 5.36. The smallest absolute Gasteiger partial charge is 0.167 e. The average Bonchev–Trinajstić information content (AvgIpc) is 2.32. The number of benzene rings is 2. The summed E-state index contributed by atoms with van der Waals surface area (Å²) < 4.78 is 25.8. The number of rotatable bonds is 3. The van der Waals surface area contributed by atoms with Gasteiger partial charge in [0.25, 0.3) is 0 Å². The Hall–Kier alpha value is -1.94. The van der Waals surface area contributed by atoms with E-state index in [0.29, 0.717) is 21.8 Å². The molecule has 2 nitrogen and oxygen atoms in total. The molecular weight excluding hydrogens is 272 g/mol. The number of nitrogen functional groups attached to an aromatic ring is 1. The van der Waals surface area contributed by atoms with Crippen molar-refractivity contribution in [3.63, 3.8) is 0 Å². The van der Waals surface area contributed by atoms with Crippen LogP contribution < -0.4 is 5.73 Å². The van der Waals surface area contributed by atoms with Crippen LogP contribution >= 0.6 is 11.6 Å². The summed E-state index contributed by atoms with van der Waals surface area (Å²) in [5, 5.41) is 0.355. The summed E-state index contributed by atoms with van der Waals surface area (Å²) in [4.78, 5) is 12.0. The lowest BCUT2D eigenvalue weighted by atomic mass is 10.0.